The molecule has 0 spiro atoms. The lowest BCUT2D eigenvalue weighted by Gasteiger charge is -2.11. The predicted octanol–water partition coefficient (Wildman–Crippen LogP) is 2.38. The van der Waals surface area contributed by atoms with E-state index in [1.807, 2.05) is 18.2 Å². The van der Waals surface area contributed by atoms with Crippen LogP contribution in [-0.2, 0) is 6.42 Å². The molecule has 0 aliphatic rings. The molecule has 112 valence electrons. The van der Waals surface area contributed by atoms with Crippen LogP contribution in [0, 0.1) is 0 Å². The van der Waals surface area contributed by atoms with E-state index in [4.69, 9.17) is 26.8 Å². The first-order valence-corrected chi connectivity index (χ1v) is 6.74. The number of benzene rings is 1. The summed E-state index contributed by atoms with van der Waals surface area (Å²) in [5.41, 5.74) is 7.34. The maximum absolute atomic E-state index is 5.77. The van der Waals surface area contributed by atoms with Gasteiger partial charge in [0.1, 0.15) is 0 Å². The van der Waals surface area contributed by atoms with Gasteiger partial charge in [0, 0.05) is 6.54 Å². The van der Waals surface area contributed by atoms with Crippen molar-refractivity contribution in [1.82, 2.24) is 9.97 Å². The fourth-order valence-electron chi connectivity index (χ4n) is 1.87. The molecule has 0 radical (unpaired) electrons. The molecule has 7 heteroatoms. The van der Waals surface area contributed by atoms with E-state index in [1.54, 1.807) is 14.2 Å². The van der Waals surface area contributed by atoms with Crippen LogP contribution in [0.15, 0.2) is 24.4 Å². The maximum atomic E-state index is 5.77. The fourth-order valence-corrected chi connectivity index (χ4v) is 2.01. The van der Waals surface area contributed by atoms with Gasteiger partial charge in [-0.05, 0) is 35.7 Å². The van der Waals surface area contributed by atoms with Crippen molar-refractivity contribution in [2.24, 2.45) is 0 Å². The number of nitrogens with zero attached hydrogens (tertiary/aromatic N) is 2. The van der Waals surface area contributed by atoms with Gasteiger partial charge >= 0.3 is 0 Å². The van der Waals surface area contributed by atoms with Crippen molar-refractivity contribution in [3.63, 3.8) is 0 Å². The van der Waals surface area contributed by atoms with Crippen molar-refractivity contribution in [2.45, 2.75) is 6.42 Å². The monoisotopic (exact) mass is 308 g/mol. The van der Waals surface area contributed by atoms with E-state index in [1.165, 1.54) is 6.20 Å². The molecule has 0 saturated heterocycles. The highest BCUT2D eigenvalue weighted by Gasteiger charge is 2.06. The lowest BCUT2D eigenvalue weighted by Crippen LogP contribution is -2.09. The highest BCUT2D eigenvalue weighted by Crippen LogP contribution is 2.27. The highest BCUT2D eigenvalue weighted by molar-refractivity contribution is 6.28. The molecule has 0 aliphatic carbocycles. The van der Waals surface area contributed by atoms with Crippen LogP contribution >= 0.6 is 11.6 Å². The summed E-state index contributed by atoms with van der Waals surface area (Å²) in [6, 6.07) is 5.81. The number of nitrogen functional groups attached to an aromatic ring is 1. The standard InChI is InChI=1S/C14H17ClN4O2/c1-20-11-4-3-9(7-12(11)21-2)5-6-17-13-10(16)8-18-14(15)19-13/h3-4,7-8H,5-6,16H2,1-2H3,(H,17,18,19). The van der Waals surface area contributed by atoms with Gasteiger partial charge < -0.3 is 20.5 Å². The second-order valence-electron chi connectivity index (χ2n) is 4.31. The average molecular weight is 309 g/mol. The van der Waals surface area contributed by atoms with Gasteiger partial charge in [-0.1, -0.05) is 6.07 Å². The average Bonchev–Trinajstić information content (AvgIpc) is 2.50. The Morgan fingerprint density at radius 1 is 1.24 bits per heavy atom. The zero-order chi connectivity index (χ0) is 15.2. The Bertz CT molecular complexity index is 622. The second kappa shape index (κ2) is 6.99. The van der Waals surface area contributed by atoms with Crippen LogP contribution in [-0.4, -0.2) is 30.7 Å². The van der Waals surface area contributed by atoms with Crippen LogP contribution in [0.4, 0.5) is 11.5 Å². The smallest absolute Gasteiger partial charge is 0.224 e. The van der Waals surface area contributed by atoms with E-state index >= 15 is 0 Å². The molecule has 0 unspecified atom stereocenters. The van der Waals surface area contributed by atoms with Crippen molar-refractivity contribution in [2.75, 3.05) is 31.8 Å². The van der Waals surface area contributed by atoms with E-state index in [-0.39, 0.29) is 5.28 Å². The third kappa shape index (κ3) is 3.88. The molecule has 1 heterocycles. The summed E-state index contributed by atoms with van der Waals surface area (Å²) in [5.74, 6) is 1.95. The summed E-state index contributed by atoms with van der Waals surface area (Å²) >= 11 is 5.74. The Hall–Kier alpha value is -2.21. The summed E-state index contributed by atoms with van der Waals surface area (Å²) in [6.07, 6.45) is 2.26. The first-order chi connectivity index (χ1) is 10.1. The molecule has 0 bridgehead atoms. The predicted molar refractivity (Wildman–Crippen MR) is 83.2 cm³/mol. The molecule has 0 saturated carbocycles. The normalized spacial score (nSPS) is 10.2. The lowest BCUT2D eigenvalue weighted by atomic mass is 10.1. The molecule has 2 aromatic rings. The van der Waals surface area contributed by atoms with Crippen molar-refractivity contribution in [3.8, 4) is 11.5 Å². The Balaban J connectivity index is 1.98. The number of methoxy groups -OCH3 is 2. The Labute approximate surface area is 128 Å². The topological polar surface area (TPSA) is 82.3 Å². The van der Waals surface area contributed by atoms with Gasteiger partial charge in [-0.2, -0.15) is 4.98 Å². The maximum Gasteiger partial charge on any atom is 0.224 e. The summed E-state index contributed by atoms with van der Waals surface area (Å²) in [7, 11) is 3.23. The number of aromatic nitrogens is 2. The number of hydrogen-bond acceptors (Lipinski definition) is 6. The molecule has 6 nitrogen and oxygen atoms in total. The van der Waals surface area contributed by atoms with Crippen LogP contribution < -0.4 is 20.5 Å². The first kappa shape index (κ1) is 15.2. The number of rotatable bonds is 6. The highest BCUT2D eigenvalue weighted by atomic mass is 35.5. The van der Waals surface area contributed by atoms with Gasteiger partial charge in [-0.25, -0.2) is 4.98 Å². The van der Waals surface area contributed by atoms with Crippen LogP contribution in [0.1, 0.15) is 5.56 Å². The molecular weight excluding hydrogens is 292 g/mol. The van der Waals surface area contributed by atoms with Gasteiger partial charge in [0.05, 0.1) is 26.1 Å². The van der Waals surface area contributed by atoms with E-state index in [0.29, 0.717) is 29.5 Å². The molecule has 0 aliphatic heterocycles. The minimum Gasteiger partial charge on any atom is -0.493 e. The van der Waals surface area contributed by atoms with Gasteiger partial charge in [-0.15, -0.1) is 0 Å². The van der Waals surface area contributed by atoms with E-state index in [0.717, 1.165) is 12.0 Å². The zero-order valence-corrected chi connectivity index (χ0v) is 12.6. The van der Waals surface area contributed by atoms with Gasteiger partial charge in [0.2, 0.25) is 5.28 Å². The SMILES string of the molecule is COc1ccc(CCNc2nc(Cl)ncc2N)cc1OC. The number of anilines is 2. The van der Waals surface area contributed by atoms with Crippen molar-refractivity contribution >= 4 is 23.1 Å². The molecular formula is C14H17ClN4O2. The van der Waals surface area contributed by atoms with Gasteiger partial charge in [0.15, 0.2) is 17.3 Å². The second-order valence-corrected chi connectivity index (χ2v) is 4.65. The number of hydrogen-bond donors (Lipinski definition) is 2. The van der Waals surface area contributed by atoms with Crippen LogP contribution in [0.5, 0.6) is 11.5 Å². The molecule has 3 N–H and O–H groups in total. The van der Waals surface area contributed by atoms with Crippen LogP contribution in [0.3, 0.4) is 0 Å². The first-order valence-electron chi connectivity index (χ1n) is 6.37. The van der Waals surface area contributed by atoms with Crippen LogP contribution in [0.2, 0.25) is 5.28 Å². The molecule has 0 amide bonds. The molecule has 2 rings (SSSR count). The van der Waals surface area contributed by atoms with Gasteiger partial charge in [0.25, 0.3) is 0 Å². The molecule has 21 heavy (non-hydrogen) atoms. The van der Waals surface area contributed by atoms with Crippen LogP contribution in [0.25, 0.3) is 0 Å². The summed E-state index contributed by atoms with van der Waals surface area (Å²) in [6.45, 7) is 0.660. The summed E-state index contributed by atoms with van der Waals surface area (Å²) in [5, 5.41) is 3.30. The summed E-state index contributed by atoms with van der Waals surface area (Å²) in [4.78, 5) is 7.84. The summed E-state index contributed by atoms with van der Waals surface area (Å²) < 4.78 is 10.5. The van der Waals surface area contributed by atoms with Gasteiger partial charge in [-0.3, -0.25) is 0 Å². The number of nitrogens with two attached hydrogens (primary N) is 1. The Morgan fingerprint density at radius 3 is 2.71 bits per heavy atom. The van der Waals surface area contributed by atoms with E-state index in [2.05, 4.69) is 15.3 Å². The van der Waals surface area contributed by atoms with Crippen molar-refractivity contribution in [3.05, 3.63) is 35.2 Å². The van der Waals surface area contributed by atoms with Crippen molar-refractivity contribution in [1.29, 1.82) is 0 Å². The zero-order valence-electron chi connectivity index (χ0n) is 11.9. The third-order valence-corrected chi connectivity index (χ3v) is 3.12. The quantitative estimate of drug-likeness (QED) is 0.797. The number of halogens is 1. The molecule has 1 aromatic carbocycles. The molecule has 0 atom stereocenters. The largest absolute Gasteiger partial charge is 0.493 e. The Morgan fingerprint density at radius 2 is 2.00 bits per heavy atom. The molecule has 1 aromatic heterocycles. The fraction of sp³-hybridized carbons (Fsp3) is 0.286. The minimum absolute atomic E-state index is 0.165. The number of nitrogens with one attached hydrogen (secondary N) is 1. The minimum atomic E-state index is 0.165. The van der Waals surface area contributed by atoms with Crippen molar-refractivity contribution < 1.29 is 9.47 Å². The van der Waals surface area contributed by atoms with E-state index < -0.39 is 0 Å². The number of ether oxygens (including phenoxy) is 2. The van der Waals surface area contributed by atoms with E-state index in [9.17, 15) is 0 Å². The Kier molecular flexibility index (Phi) is 5.05. The molecule has 0 fully saturated rings. The third-order valence-electron chi connectivity index (χ3n) is 2.94. The lowest BCUT2D eigenvalue weighted by molar-refractivity contribution is 0.354.